The van der Waals surface area contributed by atoms with Crippen LogP contribution in [0.25, 0.3) is 6.08 Å². The van der Waals surface area contributed by atoms with Gasteiger partial charge in [-0.2, -0.15) is 5.26 Å². The average molecular weight is 320 g/mol. The molecule has 0 atom stereocenters. The third-order valence-electron chi connectivity index (χ3n) is 3.33. The lowest BCUT2D eigenvalue weighted by atomic mass is 10.0. The van der Waals surface area contributed by atoms with Crippen molar-refractivity contribution in [3.8, 4) is 6.07 Å². The van der Waals surface area contributed by atoms with E-state index < -0.39 is 11.9 Å². The Labute approximate surface area is 140 Å². The molecule has 0 bridgehead atoms. The first kappa shape index (κ1) is 17.0. The summed E-state index contributed by atoms with van der Waals surface area (Å²) in [5, 5.41) is 11.9. The molecule has 0 aliphatic carbocycles. The van der Waals surface area contributed by atoms with Crippen LogP contribution in [0.4, 0.5) is 0 Å². The molecule has 0 unspecified atom stereocenters. The number of carbonyl (C=O) groups excluding carboxylic acids is 2. The minimum Gasteiger partial charge on any atom is -0.465 e. The standard InChI is InChI=1S/C19H16N2O3/c1-24-19(23)17-10-6-5-9-15(17)11-16(12-20)18(22)21-13-14-7-3-2-4-8-14/h2-11H,13H2,1H3,(H,21,22)/b16-11+. The SMILES string of the molecule is COC(=O)c1ccccc1/C=C(\C#N)C(=O)NCc1ccccc1. The number of nitrogens with zero attached hydrogens (tertiary/aromatic N) is 1. The molecule has 0 aromatic heterocycles. The normalized spacial score (nSPS) is 10.6. The van der Waals surface area contributed by atoms with Gasteiger partial charge in [-0.1, -0.05) is 48.5 Å². The number of rotatable bonds is 5. The van der Waals surface area contributed by atoms with Crippen molar-refractivity contribution in [1.82, 2.24) is 5.32 Å². The van der Waals surface area contributed by atoms with Crippen molar-refractivity contribution in [3.63, 3.8) is 0 Å². The predicted molar refractivity (Wildman–Crippen MR) is 89.7 cm³/mol. The second-order valence-electron chi connectivity index (χ2n) is 4.92. The Morgan fingerprint density at radius 1 is 1.12 bits per heavy atom. The van der Waals surface area contributed by atoms with Gasteiger partial charge < -0.3 is 10.1 Å². The number of methoxy groups -OCH3 is 1. The van der Waals surface area contributed by atoms with Gasteiger partial charge in [-0.15, -0.1) is 0 Å². The molecule has 120 valence electrons. The van der Waals surface area contributed by atoms with Crippen molar-refractivity contribution in [2.45, 2.75) is 6.54 Å². The van der Waals surface area contributed by atoms with E-state index in [0.29, 0.717) is 17.7 Å². The summed E-state index contributed by atoms with van der Waals surface area (Å²) in [5.74, 6) is -1.02. The minimum atomic E-state index is -0.524. The quantitative estimate of drug-likeness (QED) is 0.522. The van der Waals surface area contributed by atoms with Crippen LogP contribution < -0.4 is 5.32 Å². The first-order valence-electron chi connectivity index (χ1n) is 7.27. The fourth-order valence-corrected chi connectivity index (χ4v) is 2.10. The molecule has 0 saturated carbocycles. The van der Waals surface area contributed by atoms with Gasteiger partial charge in [0.25, 0.3) is 5.91 Å². The number of amides is 1. The van der Waals surface area contributed by atoms with Crippen LogP contribution in [0, 0.1) is 11.3 Å². The second-order valence-corrected chi connectivity index (χ2v) is 4.92. The predicted octanol–water partition coefficient (Wildman–Crippen LogP) is 2.70. The topological polar surface area (TPSA) is 79.2 Å². The molecule has 0 aliphatic rings. The molecule has 0 heterocycles. The van der Waals surface area contributed by atoms with E-state index in [9.17, 15) is 14.9 Å². The molecule has 0 radical (unpaired) electrons. The van der Waals surface area contributed by atoms with E-state index >= 15 is 0 Å². The number of nitriles is 1. The van der Waals surface area contributed by atoms with E-state index in [4.69, 9.17) is 4.74 Å². The smallest absolute Gasteiger partial charge is 0.338 e. The zero-order valence-corrected chi connectivity index (χ0v) is 13.2. The fraction of sp³-hybridized carbons (Fsp3) is 0.105. The van der Waals surface area contributed by atoms with E-state index in [1.165, 1.54) is 13.2 Å². The summed E-state index contributed by atoms with van der Waals surface area (Å²) in [5.41, 5.74) is 1.60. The molecular formula is C19H16N2O3. The van der Waals surface area contributed by atoms with Crippen LogP contribution in [0.5, 0.6) is 0 Å². The second kappa shape index (κ2) is 8.30. The number of carbonyl (C=O) groups is 2. The summed E-state index contributed by atoms with van der Waals surface area (Å²) < 4.78 is 4.71. The van der Waals surface area contributed by atoms with Crippen molar-refractivity contribution >= 4 is 18.0 Å². The highest BCUT2D eigenvalue weighted by molar-refractivity contribution is 6.03. The highest BCUT2D eigenvalue weighted by Crippen LogP contribution is 2.14. The molecule has 1 N–H and O–H groups in total. The van der Waals surface area contributed by atoms with Crippen LogP contribution in [0.1, 0.15) is 21.5 Å². The number of benzene rings is 2. The summed E-state index contributed by atoms with van der Waals surface area (Å²) >= 11 is 0. The fourth-order valence-electron chi connectivity index (χ4n) is 2.10. The zero-order chi connectivity index (χ0) is 17.4. The van der Waals surface area contributed by atoms with Gasteiger partial charge in [-0.25, -0.2) is 4.79 Å². The van der Waals surface area contributed by atoms with E-state index in [2.05, 4.69) is 5.32 Å². The van der Waals surface area contributed by atoms with Crippen LogP contribution in [-0.4, -0.2) is 19.0 Å². The lowest BCUT2D eigenvalue weighted by molar-refractivity contribution is -0.117. The van der Waals surface area contributed by atoms with Gasteiger partial charge >= 0.3 is 5.97 Å². The van der Waals surface area contributed by atoms with Gasteiger partial charge in [0.15, 0.2) is 0 Å². The third kappa shape index (κ3) is 4.31. The highest BCUT2D eigenvalue weighted by atomic mass is 16.5. The molecule has 0 fully saturated rings. The van der Waals surface area contributed by atoms with Crippen LogP contribution >= 0.6 is 0 Å². The number of nitrogens with one attached hydrogen (secondary N) is 1. The first-order chi connectivity index (χ1) is 11.7. The molecular weight excluding hydrogens is 304 g/mol. The van der Waals surface area contributed by atoms with Gasteiger partial charge in [-0.3, -0.25) is 4.79 Å². The van der Waals surface area contributed by atoms with Crippen LogP contribution in [0.2, 0.25) is 0 Å². The minimum absolute atomic E-state index is 0.0812. The van der Waals surface area contributed by atoms with Crippen molar-refractivity contribution in [2.24, 2.45) is 0 Å². The summed E-state index contributed by atoms with van der Waals surface area (Å²) in [7, 11) is 1.28. The first-order valence-corrected chi connectivity index (χ1v) is 7.27. The van der Waals surface area contributed by atoms with Gasteiger partial charge in [0.1, 0.15) is 11.6 Å². The van der Waals surface area contributed by atoms with E-state index in [0.717, 1.165) is 5.56 Å². The maximum Gasteiger partial charge on any atom is 0.338 e. The Hall–Kier alpha value is -3.39. The van der Waals surface area contributed by atoms with E-state index in [1.807, 2.05) is 36.4 Å². The molecule has 0 spiro atoms. The zero-order valence-electron chi connectivity index (χ0n) is 13.2. The molecule has 24 heavy (non-hydrogen) atoms. The Morgan fingerprint density at radius 3 is 2.46 bits per heavy atom. The number of hydrogen-bond acceptors (Lipinski definition) is 4. The summed E-state index contributed by atoms with van der Waals surface area (Å²) in [6, 6.07) is 17.9. The van der Waals surface area contributed by atoms with Crippen LogP contribution in [-0.2, 0) is 16.1 Å². The Morgan fingerprint density at radius 2 is 1.79 bits per heavy atom. The molecule has 1 amide bonds. The number of hydrogen-bond donors (Lipinski definition) is 1. The summed E-state index contributed by atoms with van der Waals surface area (Å²) in [6.45, 7) is 0.317. The van der Waals surface area contributed by atoms with Crippen LogP contribution in [0.3, 0.4) is 0 Å². The number of ether oxygens (including phenoxy) is 1. The van der Waals surface area contributed by atoms with Gasteiger partial charge in [0.05, 0.1) is 12.7 Å². The van der Waals surface area contributed by atoms with Crippen molar-refractivity contribution in [2.75, 3.05) is 7.11 Å². The van der Waals surface area contributed by atoms with Gasteiger partial charge in [0, 0.05) is 6.54 Å². The molecule has 2 rings (SSSR count). The Balaban J connectivity index is 2.19. The van der Waals surface area contributed by atoms with E-state index in [-0.39, 0.29) is 5.57 Å². The molecule has 2 aromatic carbocycles. The third-order valence-corrected chi connectivity index (χ3v) is 3.33. The molecule has 5 heteroatoms. The largest absolute Gasteiger partial charge is 0.465 e. The monoisotopic (exact) mass is 320 g/mol. The van der Waals surface area contributed by atoms with Crippen LogP contribution in [0.15, 0.2) is 60.2 Å². The molecule has 5 nitrogen and oxygen atoms in total. The lowest BCUT2D eigenvalue weighted by Crippen LogP contribution is -2.24. The average Bonchev–Trinajstić information content (AvgIpc) is 2.64. The summed E-state index contributed by atoms with van der Waals surface area (Å²) in [4.78, 5) is 23.9. The lowest BCUT2D eigenvalue weighted by Gasteiger charge is -2.06. The molecule has 2 aromatic rings. The van der Waals surface area contributed by atoms with Crippen molar-refractivity contribution in [1.29, 1.82) is 5.26 Å². The number of esters is 1. The van der Waals surface area contributed by atoms with Crippen molar-refractivity contribution < 1.29 is 14.3 Å². The van der Waals surface area contributed by atoms with E-state index in [1.54, 1.807) is 24.3 Å². The maximum absolute atomic E-state index is 12.2. The van der Waals surface area contributed by atoms with Crippen molar-refractivity contribution in [3.05, 3.63) is 76.9 Å². The summed E-state index contributed by atoms with van der Waals surface area (Å²) in [6.07, 6.45) is 1.38. The molecule has 0 saturated heterocycles. The Kier molecular flexibility index (Phi) is 5.87. The van der Waals surface area contributed by atoms with Gasteiger partial charge in [-0.05, 0) is 23.3 Å². The Bertz CT molecular complexity index is 805. The maximum atomic E-state index is 12.2. The van der Waals surface area contributed by atoms with Gasteiger partial charge in [0.2, 0.25) is 0 Å². The molecule has 0 aliphatic heterocycles. The highest BCUT2D eigenvalue weighted by Gasteiger charge is 2.13.